The summed E-state index contributed by atoms with van der Waals surface area (Å²) in [5, 5.41) is 5.63. The first-order valence-electron chi connectivity index (χ1n) is 8.82. The first kappa shape index (κ1) is 17.1. The highest BCUT2D eigenvalue weighted by Crippen LogP contribution is 2.30. The SMILES string of the molecule is COc1cccc2cc(Cn3nc(C)cc3C)c(-c3cnc(C)nc3)nc12. The van der Waals surface area contributed by atoms with Crippen LogP contribution in [0.2, 0.25) is 0 Å². The maximum Gasteiger partial charge on any atom is 0.145 e. The van der Waals surface area contributed by atoms with E-state index in [1.165, 1.54) is 0 Å². The van der Waals surface area contributed by atoms with Crippen molar-refractivity contribution in [1.29, 1.82) is 0 Å². The van der Waals surface area contributed by atoms with Crippen LogP contribution in [0.25, 0.3) is 22.2 Å². The molecule has 0 aliphatic heterocycles. The second kappa shape index (κ2) is 6.79. The van der Waals surface area contributed by atoms with Crippen molar-refractivity contribution in [3.8, 4) is 17.0 Å². The van der Waals surface area contributed by atoms with Crippen LogP contribution in [0.5, 0.6) is 5.75 Å². The number of pyridine rings is 1. The van der Waals surface area contributed by atoms with Crippen molar-refractivity contribution in [2.24, 2.45) is 0 Å². The lowest BCUT2D eigenvalue weighted by atomic mass is 10.0. The fourth-order valence-electron chi connectivity index (χ4n) is 3.26. The molecule has 1 aromatic carbocycles. The molecule has 0 unspecified atom stereocenters. The molecule has 3 heterocycles. The molecule has 0 fully saturated rings. The van der Waals surface area contributed by atoms with Crippen LogP contribution in [0, 0.1) is 20.8 Å². The summed E-state index contributed by atoms with van der Waals surface area (Å²) in [7, 11) is 1.66. The predicted molar refractivity (Wildman–Crippen MR) is 105 cm³/mol. The van der Waals surface area contributed by atoms with Crippen LogP contribution >= 0.6 is 0 Å². The smallest absolute Gasteiger partial charge is 0.145 e. The third-order valence-corrected chi connectivity index (χ3v) is 4.59. The highest BCUT2D eigenvalue weighted by atomic mass is 16.5. The molecule has 0 radical (unpaired) electrons. The zero-order chi connectivity index (χ0) is 19.0. The molecule has 0 saturated carbocycles. The van der Waals surface area contributed by atoms with Crippen LogP contribution < -0.4 is 4.74 Å². The summed E-state index contributed by atoms with van der Waals surface area (Å²) in [5.41, 5.74) is 5.74. The molecule has 0 aliphatic carbocycles. The van der Waals surface area contributed by atoms with E-state index in [0.717, 1.165) is 50.7 Å². The Bertz CT molecular complexity index is 1120. The van der Waals surface area contributed by atoms with Crippen molar-refractivity contribution in [2.45, 2.75) is 27.3 Å². The van der Waals surface area contributed by atoms with E-state index in [9.17, 15) is 0 Å². The Morgan fingerprint density at radius 2 is 1.81 bits per heavy atom. The normalized spacial score (nSPS) is 11.1. The van der Waals surface area contributed by atoms with E-state index in [-0.39, 0.29) is 0 Å². The summed E-state index contributed by atoms with van der Waals surface area (Å²) in [6.07, 6.45) is 3.63. The predicted octanol–water partition coefficient (Wildman–Crippen LogP) is 3.87. The molecule has 0 bridgehead atoms. The number of methoxy groups -OCH3 is 1. The number of aromatic nitrogens is 5. The molecular formula is C21H21N5O. The first-order valence-corrected chi connectivity index (χ1v) is 8.82. The Balaban J connectivity index is 1.93. The van der Waals surface area contributed by atoms with Crippen LogP contribution in [0.1, 0.15) is 22.8 Å². The Kier molecular flexibility index (Phi) is 4.32. The minimum Gasteiger partial charge on any atom is -0.494 e. The number of hydrogen-bond donors (Lipinski definition) is 0. The van der Waals surface area contributed by atoms with Gasteiger partial charge in [-0.15, -0.1) is 0 Å². The number of aryl methyl sites for hydroxylation is 3. The van der Waals surface area contributed by atoms with Gasteiger partial charge in [0, 0.05) is 34.6 Å². The number of rotatable bonds is 4. The summed E-state index contributed by atoms with van der Waals surface area (Å²) in [5.74, 6) is 1.48. The van der Waals surface area contributed by atoms with Crippen molar-refractivity contribution in [2.75, 3.05) is 7.11 Å². The summed E-state index contributed by atoms with van der Waals surface area (Å²) in [6, 6.07) is 10.2. The molecule has 0 spiro atoms. The zero-order valence-electron chi connectivity index (χ0n) is 15.9. The molecular weight excluding hydrogens is 338 g/mol. The van der Waals surface area contributed by atoms with E-state index >= 15 is 0 Å². The summed E-state index contributed by atoms with van der Waals surface area (Å²) < 4.78 is 7.50. The Morgan fingerprint density at radius 3 is 2.48 bits per heavy atom. The largest absolute Gasteiger partial charge is 0.494 e. The minimum atomic E-state index is 0.628. The second-order valence-electron chi connectivity index (χ2n) is 6.63. The molecule has 0 atom stereocenters. The summed E-state index contributed by atoms with van der Waals surface area (Å²) >= 11 is 0. The third kappa shape index (κ3) is 3.26. The van der Waals surface area contributed by atoms with Gasteiger partial charge < -0.3 is 4.74 Å². The molecule has 4 aromatic rings. The van der Waals surface area contributed by atoms with Crippen molar-refractivity contribution in [3.63, 3.8) is 0 Å². The van der Waals surface area contributed by atoms with Gasteiger partial charge in [-0.25, -0.2) is 15.0 Å². The molecule has 0 saturated heterocycles. The quantitative estimate of drug-likeness (QED) is 0.553. The number of fused-ring (bicyclic) bond motifs is 1. The van der Waals surface area contributed by atoms with Crippen LogP contribution in [0.3, 0.4) is 0 Å². The molecule has 136 valence electrons. The summed E-state index contributed by atoms with van der Waals surface area (Å²) in [6.45, 7) is 6.56. The molecule has 0 N–H and O–H groups in total. The highest BCUT2D eigenvalue weighted by Gasteiger charge is 2.14. The van der Waals surface area contributed by atoms with Gasteiger partial charge in [0.15, 0.2) is 0 Å². The van der Waals surface area contributed by atoms with Gasteiger partial charge in [0.05, 0.1) is 25.0 Å². The molecule has 6 heteroatoms. The molecule has 0 aliphatic rings. The van der Waals surface area contributed by atoms with Gasteiger partial charge >= 0.3 is 0 Å². The zero-order valence-corrected chi connectivity index (χ0v) is 15.9. The van der Waals surface area contributed by atoms with Crippen LogP contribution in [-0.2, 0) is 6.54 Å². The highest BCUT2D eigenvalue weighted by molar-refractivity contribution is 5.88. The van der Waals surface area contributed by atoms with E-state index in [1.807, 2.05) is 49.1 Å². The third-order valence-electron chi connectivity index (χ3n) is 4.59. The van der Waals surface area contributed by atoms with Crippen LogP contribution in [-0.4, -0.2) is 31.8 Å². The summed E-state index contributed by atoms with van der Waals surface area (Å²) in [4.78, 5) is 13.6. The van der Waals surface area contributed by atoms with Gasteiger partial charge in [-0.1, -0.05) is 12.1 Å². The average molecular weight is 359 g/mol. The number of para-hydroxylation sites is 1. The van der Waals surface area contributed by atoms with Crippen molar-refractivity contribution in [3.05, 3.63) is 65.5 Å². The van der Waals surface area contributed by atoms with Crippen molar-refractivity contribution in [1.82, 2.24) is 24.7 Å². The molecule has 0 amide bonds. The van der Waals surface area contributed by atoms with E-state index in [1.54, 1.807) is 7.11 Å². The van der Waals surface area contributed by atoms with E-state index in [2.05, 4.69) is 34.1 Å². The average Bonchev–Trinajstić information content (AvgIpc) is 2.98. The lowest BCUT2D eigenvalue weighted by molar-refractivity contribution is 0.419. The number of nitrogens with zero attached hydrogens (tertiary/aromatic N) is 5. The van der Waals surface area contributed by atoms with Gasteiger partial charge in [0.1, 0.15) is 17.1 Å². The minimum absolute atomic E-state index is 0.628. The first-order chi connectivity index (χ1) is 13.0. The standard InChI is InChI=1S/C21H21N5O/c1-13-8-14(2)26(25-13)12-17-9-16-6-5-7-19(27-4)21(16)24-20(17)18-10-22-15(3)23-11-18/h5-11H,12H2,1-4H3. The monoisotopic (exact) mass is 359 g/mol. The van der Waals surface area contributed by atoms with Gasteiger partial charge in [-0.2, -0.15) is 5.10 Å². The maximum atomic E-state index is 5.51. The van der Waals surface area contributed by atoms with Crippen LogP contribution in [0.4, 0.5) is 0 Å². The van der Waals surface area contributed by atoms with Crippen LogP contribution in [0.15, 0.2) is 42.7 Å². The number of hydrogen-bond acceptors (Lipinski definition) is 5. The van der Waals surface area contributed by atoms with Crippen molar-refractivity contribution < 1.29 is 4.74 Å². The molecule has 3 aromatic heterocycles. The van der Waals surface area contributed by atoms with Gasteiger partial charge in [-0.05, 0) is 39.0 Å². The lowest BCUT2D eigenvalue weighted by Crippen LogP contribution is -2.07. The lowest BCUT2D eigenvalue weighted by Gasteiger charge is -2.13. The van der Waals surface area contributed by atoms with Gasteiger partial charge in [0.25, 0.3) is 0 Å². The van der Waals surface area contributed by atoms with E-state index in [4.69, 9.17) is 9.72 Å². The molecule has 27 heavy (non-hydrogen) atoms. The van der Waals surface area contributed by atoms with E-state index < -0.39 is 0 Å². The number of ether oxygens (including phenoxy) is 1. The van der Waals surface area contributed by atoms with Gasteiger partial charge in [-0.3, -0.25) is 4.68 Å². The Labute approximate surface area is 157 Å². The fourth-order valence-corrected chi connectivity index (χ4v) is 3.26. The fraction of sp³-hybridized carbons (Fsp3) is 0.238. The van der Waals surface area contributed by atoms with Crippen molar-refractivity contribution >= 4 is 10.9 Å². The topological polar surface area (TPSA) is 65.7 Å². The maximum absolute atomic E-state index is 5.51. The van der Waals surface area contributed by atoms with E-state index in [0.29, 0.717) is 6.54 Å². The molecule has 4 rings (SSSR count). The Morgan fingerprint density at radius 1 is 1.04 bits per heavy atom. The Hall–Kier alpha value is -3.28. The second-order valence-corrected chi connectivity index (χ2v) is 6.63. The number of benzene rings is 1. The van der Waals surface area contributed by atoms with Gasteiger partial charge in [0.2, 0.25) is 0 Å². The molecule has 6 nitrogen and oxygen atoms in total.